The van der Waals surface area contributed by atoms with Gasteiger partial charge in [0.2, 0.25) is 0 Å². The van der Waals surface area contributed by atoms with Crippen LogP contribution in [0, 0.1) is 10.1 Å². The number of nitro benzene ring substituents is 1. The molecule has 0 saturated carbocycles. The summed E-state index contributed by atoms with van der Waals surface area (Å²) in [5.74, 6) is 0. The van der Waals surface area contributed by atoms with Gasteiger partial charge < -0.3 is 9.47 Å². The highest BCUT2D eigenvalue weighted by Crippen LogP contribution is 2.48. The van der Waals surface area contributed by atoms with Gasteiger partial charge in [-0.25, -0.2) is 0 Å². The molecule has 2 atom stereocenters. The maximum atomic E-state index is 10.8. The normalized spacial score (nSPS) is 26.2. The van der Waals surface area contributed by atoms with Crippen molar-refractivity contribution in [3.63, 3.8) is 0 Å². The molecule has 2 aliphatic heterocycles. The van der Waals surface area contributed by atoms with Crippen molar-refractivity contribution in [2.45, 2.75) is 31.2 Å². The van der Waals surface area contributed by atoms with Crippen molar-refractivity contribution in [3.05, 3.63) is 75.3 Å². The molecule has 2 heterocycles. The second-order valence-electron chi connectivity index (χ2n) is 6.10. The SMILES string of the molecule is O=[N+]([O-])c1ccc([C@@H]2C[C@]3(CCO2)OCc2ccccc23)cc1. The monoisotopic (exact) mass is 311 g/mol. The van der Waals surface area contributed by atoms with Gasteiger partial charge in [0.1, 0.15) is 0 Å². The van der Waals surface area contributed by atoms with E-state index in [-0.39, 0.29) is 22.3 Å². The number of nitro groups is 1. The van der Waals surface area contributed by atoms with Gasteiger partial charge in [-0.3, -0.25) is 10.1 Å². The third-order valence-electron chi connectivity index (χ3n) is 4.83. The Bertz CT molecular complexity index is 739. The molecule has 0 unspecified atom stereocenters. The van der Waals surface area contributed by atoms with Crippen LogP contribution in [0.2, 0.25) is 0 Å². The highest BCUT2D eigenvalue weighted by atomic mass is 16.6. The van der Waals surface area contributed by atoms with Crippen molar-refractivity contribution in [1.29, 1.82) is 0 Å². The largest absolute Gasteiger partial charge is 0.373 e. The van der Waals surface area contributed by atoms with Gasteiger partial charge >= 0.3 is 0 Å². The van der Waals surface area contributed by atoms with Gasteiger partial charge in [0.05, 0.1) is 29.8 Å². The summed E-state index contributed by atoms with van der Waals surface area (Å²) in [5, 5.41) is 10.8. The Morgan fingerprint density at radius 2 is 1.91 bits per heavy atom. The number of hydrogen-bond donors (Lipinski definition) is 0. The zero-order valence-electron chi connectivity index (χ0n) is 12.6. The molecular weight excluding hydrogens is 294 g/mol. The lowest BCUT2D eigenvalue weighted by atomic mass is 9.81. The molecule has 2 aliphatic rings. The smallest absolute Gasteiger partial charge is 0.269 e. The van der Waals surface area contributed by atoms with E-state index in [9.17, 15) is 10.1 Å². The van der Waals surface area contributed by atoms with Gasteiger partial charge in [0, 0.05) is 25.0 Å². The lowest BCUT2D eigenvalue weighted by Crippen LogP contribution is -2.35. The van der Waals surface area contributed by atoms with Crippen molar-refractivity contribution >= 4 is 5.69 Å². The molecule has 5 nitrogen and oxygen atoms in total. The molecule has 0 N–H and O–H groups in total. The molecule has 0 aliphatic carbocycles. The van der Waals surface area contributed by atoms with Crippen LogP contribution in [0.5, 0.6) is 0 Å². The summed E-state index contributed by atoms with van der Waals surface area (Å²) in [6.45, 7) is 1.26. The van der Waals surface area contributed by atoms with Gasteiger partial charge in [-0.1, -0.05) is 24.3 Å². The van der Waals surface area contributed by atoms with Crippen LogP contribution in [-0.4, -0.2) is 11.5 Å². The Morgan fingerprint density at radius 3 is 2.70 bits per heavy atom. The molecule has 0 amide bonds. The van der Waals surface area contributed by atoms with Crippen molar-refractivity contribution < 1.29 is 14.4 Å². The fraction of sp³-hybridized carbons (Fsp3) is 0.333. The molecule has 1 fully saturated rings. The molecule has 1 spiro atoms. The number of hydrogen-bond acceptors (Lipinski definition) is 4. The van der Waals surface area contributed by atoms with Gasteiger partial charge in [-0.15, -0.1) is 0 Å². The summed E-state index contributed by atoms with van der Waals surface area (Å²) >= 11 is 0. The third-order valence-corrected chi connectivity index (χ3v) is 4.83. The molecule has 0 radical (unpaired) electrons. The fourth-order valence-corrected chi connectivity index (χ4v) is 3.61. The van der Waals surface area contributed by atoms with Crippen LogP contribution in [0.3, 0.4) is 0 Å². The minimum atomic E-state index is -0.386. The first-order valence-corrected chi connectivity index (χ1v) is 7.76. The Morgan fingerprint density at radius 1 is 1.13 bits per heavy atom. The van der Waals surface area contributed by atoms with E-state index in [0.717, 1.165) is 18.4 Å². The van der Waals surface area contributed by atoms with E-state index in [4.69, 9.17) is 9.47 Å². The van der Waals surface area contributed by atoms with Crippen molar-refractivity contribution in [1.82, 2.24) is 0 Å². The van der Waals surface area contributed by atoms with Crippen molar-refractivity contribution in [2.24, 2.45) is 0 Å². The number of nitrogens with zero attached hydrogens (tertiary/aromatic N) is 1. The molecule has 23 heavy (non-hydrogen) atoms. The summed E-state index contributed by atoms with van der Waals surface area (Å²) in [6, 6.07) is 15.0. The highest BCUT2D eigenvalue weighted by Gasteiger charge is 2.44. The molecule has 5 heteroatoms. The van der Waals surface area contributed by atoms with E-state index < -0.39 is 0 Å². The second-order valence-corrected chi connectivity index (χ2v) is 6.10. The minimum absolute atomic E-state index is 0.0988. The highest BCUT2D eigenvalue weighted by molar-refractivity contribution is 5.38. The molecule has 2 aromatic rings. The Hall–Kier alpha value is -2.24. The zero-order valence-corrected chi connectivity index (χ0v) is 12.6. The Balaban J connectivity index is 1.62. The number of benzene rings is 2. The lowest BCUT2D eigenvalue weighted by Gasteiger charge is -2.38. The molecule has 4 rings (SSSR count). The van der Waals surface area contributed by atoms with E-state index in [2.05, 4.69) is 12.1 Å². The van der Waals surface area contributed by atoms with Gasteiger partial charge in [0.25, 0.3) is 5.69 Å². The Kier molecular flexibility index (Phi) is 3.39. The maximum Gasteiger partial charge on any atom is 0.269 e. The van der Waals surface area contributed by atoms with Crippen LogP contribution >= 0.6 is 0 Å². The topological polar surface area (TPSA) is 61.6 Å². The summed E-state index contributed by atoms with van der Waals surface area (Å²) < 4.78 is 12.1. The Labute approximate surface area is 134 Å². The predicted molar refractivity (Wildman–Crippen MR) is 83.9 cm³/mol. The number of non-ortho nitro benzene ring substituents is 1. The predicted octanol–water partition coefficient (Wildman–Crippen LogP) is 3.87. The van der Waals surface area contributed by atoms with E-state index in [0.29, 0.717) is 13.2 Å². The summed E-state index contributed by atoms with van der Waals surface area (Å²) in [5.41, 5.74) is 3.28. The number of fused-ring (bicyclic) bond motifs is 2. The average molecular weight is 311 g/mol. The molecule has 0 bridgehead atoms. The summed E-state index contributed by atoms with van der Waals surface area (Å²) in [6.07, 6.45) is 1.48. The molecular formula is C18H17NO4. The van der Waals surface area contributed by atoms with Crippen LogP contribution in [0.4, 0.5) is 5.69 Å². The van der Waals surface area contributed by atoms with Crippen LogP contribution in [0.25, 0.3) is 0 Å². The van der Waals surface area contributed by atoms with Crippen molar-refractivity contribution in [2.75, 3.05) is 6.61 Å². The van der Waals surface area contributed by atoms with Crippen LogP contribution in [0.15, 0.2) is 48.5 Å². The standard InChI is InChI=1S/C18H17NO4/c20-19(21)15-7-5-13(6-8-15)17-11-18(9-10-22-17)16-4-2-1-3-14(16)12-23-18/h1-8,17H,9-12H2/t17-,18-/m0/s1. The van der Waals surface area contributed by atoms with E-state index in [1.165, 1.54) is 23.3 Å². The van der Waals surface area contributed by atoms with E-state index in [1.54, 1.807) is 12.1 Å². The van der Waals surface area contributed by atoms with Gasteiger partial charge in [-0.05, 0) is 28.8 Å². The van der Waals surface area contributed by atoms with E-state index >= 15 is 0 Å². The third kappa shape index (κ3) is 2.42. The van der Waals surface area contributed by atoms with Crippen LogP contribution in [0.1, 0.15) is 35.6 Å². The molecule has 118 valence electrons. The average Bonchev–Trinajstić information content (AvgIpc) is 2.94. The molecule has 2 aromatic carbocycles. The summed E-state index contributed by atoms with van der Waals surface area (Å²) in [7, 11) is 0. The fourth-order valence-electron chi connectivity index (χ4n) is 3.61. The first-order valence-electron chi connectivity index (χ1n) is 7.76. The van der Waals surface area contributed by atoms with Crippen molar-refractivity contribution in [3.8, 4) is 0 Å². The molecule has 0 aromatic heterocycles. The second kappa shape index (κ2) is 5.44. The first-order chi connectivity index (χ1) is 11.2. The van der Waals surface area contributed by atoms with Crippen LogP contribution in [-0.2, 0) is 21.7 Å². The van der Waals surface area contributed by atoms with E-state index in [1.807, 2.05) is 12.1 Å². The quantitative estimate of drug-likeness (QED) is 0.624. The lowest BCUT2D eigenvalue weighted by molar-refractivity contribution is -0.384. The van der Waals surface area contributed by atoms with Gasteiger partial charge in [0.15, 0.2) is 0 Å². The number of rotatable bonds is 2. The first kappa shape index (κ1) is 14.4. The molecule has 1 saturated heterocycles. The number of ether oxygens (including phenoxy) is 2. The maximum absolute atomic E-state index is 10.8. The van der Waals surface area contributed by atoms with Crippen LogP contribution < -0.4 is 0 Å². The zero-order chi connectivity index (χ0) is 15.9. The summed E-state index contributed by atoms with van der Waals surface area (Å²) in [4.78, 5) is 10.4. The minimum Gasteiger partial charge on any atom is -0.373 e. The van der Waals surface area contributed by atoms with Gasteiger partial charge in [-0.2, -0.15) is 0 Å².